The molecule has 2 rings (SSSR count). The highest BCUT2D eigenvalue weighted by Gasteiger charge is 2.27. The highest BCUT2D eigenvalue weighted by Crippen LogP contribution is 2.13. The van der Waals surface area contributed by atoms with Crippen LogP contribution in [0.4, 0.5) is 0 Å². The average Bonchev–Trinajstić information content (AvgIpc) is 2.61. The third-order valence-electron chi connectivity index (χ3n) is 2.21. The molecule has 1 heterocycles. The molecule has 1 aromatic carbocycles. The Balaban J connectivity index is 2.10. The number of nitrogens with zero attached hydrogens (tertiary/aromatic N) is 1. The summed E-state index contributed by atoms with van der Waals surface area (Å²) in [6, 6.07) is 9.33. The number of hydrogen-bond acceptors (Lipinski definition) is 3. The predicted octanol–water partition coefficient (Wildman–Crippen LogP) is 1.74. The van der Waals surface area contributed by atoms with Crippen LogP contribution in [0.1, 0.15) is 5.56 Å². The number of aliphatic imine (C=N–C) groups is 1. The Morgan fingerprint density at radius 2 is 2.13 bits per heavy atom. The number of cyclic esters (lactones) is 1. The van der Waals surface area contributed by atoms with Gasteiger partial charge in [-0.25, -0.2) is 9.79 Å². The predicted molar refractivity (Wildman–Crippen MR) is 57.7 cm³/mol. The lowest BCUT2D eigenvalue weighted by molar-refractivity contribution is -0.134. The van der Waals surface area contributed by atoms with E-state index in [1.807, 2.05) is 30.3 Å². The maximum atomic E-state index is 11.4. The molecule has 1 aliphatic rings. The molecule has 3 heteroatoms. The number of esters is 1. The third kappa shape index (κ3) is 2.13. The second-order valence-corrected chi connectivity index (χ2v) is 3.30. The van der Waals surface area contributed by atoms with Gasteiger partial charge in [-0.3, -0.25) is 0 Å². The van der Waals surface area contributed by atoms with Crippen LogP contribution in [-0.2, 0) is 16.0 Å². The Bertz CT molecular complexity index is 409. The summed E-state index contributed by atoms with van der Waals surface area (Å²) in [4.78, 5) is 15.5. The van der Waals surface area contributed by atoms with Crippen molar-refractivity contribution >= 4 is 11.9 Å². The molecule has 76 valence electrons. The van der Waals surface area contributed by atoms with Crippen LogP contribution < -0.4 is 0 Å². The van der Waals surface area contributed by atoms with E-state index in [0.29, 0.717) is 12.3 Å². The van der Waals surface area contributed by atoms with Crippen molar-refractivity contribution in [3.8, 4) is 0 Å². The molecule has 1 atom stereocenters. The Kier molecular flexibility index (Phi) is 2.63. The molecule has 0 radical (unpaired) electrons. The van der Waals surface area contributed by atoms with E-state index in [2.05, 4.69) is 11.6 Å². The number of benzene rings is 1. The first kappa shape index (κ1) is 9.65. The smallest absolute Gasteiger partial charge is 0.338 e. The van der Waals surface area contributed by atoms with Gasteiger partial charge in [0, 0.05) is 6.42 Å². The summed E-state index contributed by atoms with van der Waals surface area (Å²) in [6.45, 7) is 3.51. The van der Waals surface area contributed by atoms with Gasteiger partial charge in [-0.2, -0.15) is 0 Å². The first-order chi connectivity index (χ1) is 7.29. The SMILES string of the molecule is C=CC1=NC(Cc2ccccc2)C(=O)O1. The summed E-state index contributed by atoms with van der Waals surface area (Å²) < 4.78 is 4.89. The summed E-state index contributed by atoms with van der Waals surface area (Å²) in [5.41, 5.74) is 1.08. The molecule has 1 aromatic rings. The van der Waals surface area contributed by atoms with E-state index in [9.17, 15) is 4.79 Å². The van der Waals surface area contributed by atoms with Gasteiger partial charge in [0.25, 0.3) is 0 Å². The fraction of sp³-hybridized carbons (Fsp3) is 0.167. The molecule has 0 N–H and O–H groups in total. The van der Waals surface area contributed by atoms with E-state index in [1.54, 1.807) is 0 Å². The van der Waals surface area contributed by atoms with Crippen molar-refractivity contribution in [2.75, 3.05) is 0 Å². The van der Waals surface area contributed by atoms with E-state index in [1.165, 1.54) is 6.08 Å². The summed E-state index contributed by atoms with van der Waals surface area (Å²) in [7, 11) is 0. The minimum absolute atomic E-state index is 0.297. The van der Waals surface area contributed by atoms with Gasteiger partial charge >= 0.3 is 5.97 Å². The standard InChI is InChI=1S/C12H11NO2/c1-2-11-13-10(12(14)15-11)8-9-6-4-3-5-7-9/h2-7,10H,1,8H2. The molecule has 0 bridgehead atoms. The number of hydrogen-bond donors (Lipinski definition) is 0. The molecule has 0 aromatic heterocycles. The zero-order valence-corrected chi connectivity index (χ0v) is 8.22. The summed E-state index contributed by atoms with van der Waals surface area (Å²) in [5.74, 6) is 0.0229. The summed E-state index contributed by atoms with van der Waals surface area (Å²) in [6.07, 6.45) is 2.03. The van der Waals surface area contributed by atoms with Crippen LogP contribution in [0.2, 0.25) is 0 Å². The van der Waals surface area contributed by atoms with Crippen molar-refractivity contribution in [3.05, 3.63) is 48.6 Å². The second-order valence-electron chi connectivity index (χ2n) is 3.30. The fourth-order valence-electron chi connectivity index (χ4n) is 1.46. The van der Waals surface area contributed by atoms with E-state index in [-0.39, 0.29) is 5.97 Å². The molecule has 0 spiro atoms. The molecule has 0 saturated heterocycles. The van der Waals surface area contributed by atoms with Crippen molar-refractivity contribution in [2.24, 2.45) is 4.99 Å². The topological polar surface area (TPSA) is 38.7 Å². The molecule has 0 amide bonds. The first-order valence-electron chi connectivity index (χ1n) is 4.75. The minimum atomic E-state index is -0.416. The normalized spacial score (nSPS) is 19.6. The Labute approximate surface area is 88.1 Å². The monoisotopic (exact) mass is 201 g/mol. The van der Waals surface area contributed by atoms with Crippen LogP contribution in [-0.4, -0.2) is 17.9 Å². The largest absolute Gasteiger partial charge is 0.406 e. The molecule has 0 fully saturated rings. The molecule has 3 nitrogen and oxygen atoms in total. The van der Waals surface area contributed by atoms with E-state index >= 15 is 0 Å². The van der Waals surface area contributed by atoms with Crippen LogP contribution in [0.25, 0.3) is 0 Å². The van der Waals surface area contributed by atoms with Crippen molar-refractivity contribution in [2.45, 2.75) is 12.5 Å². The summed E-state index contributed by atoms with van der Waals surface area (Å²) >= 11 is 0. The van der Waals surface area contributed by atoms with Gasteiger partial charge in [0.2, 0.25) is 5.90 Å². The zero-order chi connectivity index (χ0) is 10.7. The zero-order valence-electron chi connectivity index (χ0n) is 8.22. The van der Waals surface area contributed by atoms with Crippen LogP contribution >= 0.6 is 0 Å². The van der Waals surface area contributed by atoms with E-state index in [0.717, 1.165) is 5.56 Å². The number of ether oxygens (including phenoxy) is 1. The molecular weight excluding hydrogens is 190 g/mol. The van der Waals surface area contributed by atoms with E-state index < -0.39 is 6.04 Å². The molecule has 15 heavy (non-hydrogen) atoms. The van der Waals surface area contributed by atoms with E-state index in [4.69, 9.17) is 4.74 Å². The van der Waals surface area contributed by atoms with Crippen LogP contribution in [0, 0.1) is 0 Å². The molecule has 0 saturated carbocycles. The van der Waals surface area contributed by atoms with Gasteiger partial charge in [0.15, 0.2) is 6.04 Å². The lowest BCUT2D eigenvalue weighted by atomic mass is 10.1. The molecule has 1 aliphatic heterocycles. The first-order valence-corrected chi connectivity index (χ1v) is 4.75. The number of rotatable bonds is 3. The van der Waals surface area contributed by atoms with Crippen LogP contribution in [0.3, 0.4) is 0 Å². The third-order valence-corrected chi connectivity index (χ3v) is 2.21. The minimum Gasteiger partial charge on any atom is -0.406 e. The van der Waals surface area contributed by atoms with Gasteiger partial charge in [-0.05, 0) is 11.6 Å². The Morgan fingerprint density at radius 3 is 2.73 bits per heavy atom. The van der Waals surface area contributed by atoms with Gasteiger partial charge in [-0.15, -0.1) is 0 Å². The molecular formula is C12H11NO2. The van der Waals surface area contributed by atoms with Crippen LogP contribution in [0.5, 0.6) is 0 Å². The Morgan fingerprint density at radius 1 is 1.40 bits per heavy atom. The van der Waals surface area contributed by atoms with Gasteiger partial charge in [0.05, 0.1) is 0 Å². The van der Waals surface area contributed by atoms with Gasteiger partial charge < -0.3 is 4.74 Å². The average molecular weight is 201 g/mol. The molecule has 0 aliphatic carbocycles. The van der Waals surface area contributed by atoms with Crippen molar-refractivity contribution < 1.29 is 9.53 Å². The van der Waals surface area contributed by atoms with Gasteiger partial charge in [-0.1, -0.05) is 36.9 Å². The number of carbonyl (C=O) groups excluding carboxylic acids is 1. The maximum Gasteiger partial charge on any atom is 0.338 e. The summed E-state index contributed by atoms with van der Waals surface area (Å²) in [5, 5.41) is 0. The van der Waals surface area contributed by atoms with Gasteiger partial charge in [0.1, 0.15) is 0 Å². The highest BCUT2D eigenvalue weighted by atomic mass is 16.6. The van der Waals surface area contributed by atoms with Crippen molar-refractivity contribution in [1.29, 1.82) is 0 Å². The number of carbonyl (C=O) groups is 1. The fourth-order valence-corrected chi connectivity index (χ4v) is 1.46. The Hall–Kier alpha value is -1.90. The quantitative estimate of drug-likeness (QED) is 0.699. The lowest BCUT2D eigenvalue weighted by Gasteiger charge is -2.02. The van der Waals surface area contributed by atoms with Crippen molar-refractivity contribution in [1.82, 2.24) is 0 Å². The highest BCUT2D eigenvalue weighted by molar-refractivity contribution is 6.02. The molecule has 1 unspecified atom stereocenters. The van der Waals surface area contributed by atoms with Crippen molar-refractivity contribution in [3.63, 3.8) is 0 Å². The second kappa shape index (κ2) is 4.09. The maximum absolute atomic E-state index is 11.4. The lowest BCUT2D eigenvalue weighted by Crippen LogP contribution is -2.17. The van der Waals surface area contributed by atoms with Crippen LogP contribution in [0.15, 0.2) is 48.0 Å².